The van der Waals surface area contributed by atoms with Gasteiger partial charge in [0.1, 0.15) is 4.90 Å². The molecular weight excluding hydrogens is 307 g/mol. The molecule has 0 heterocycles. The summed E-state index contributed by atoms with van der Waals surface area (Å²) in [6.45, 7) is 0.148. The maximum atomic E-state index is 12.5. The third-order valence-corrected chi connectivity index (χ3v) is 6.26. The molecular formula is C12H16Cl2N2O2S. The van der Waals surface area contributed by atoms with Gasteiger partial charge in [-0.1, -0.05) is 29.6 Å². The molecule has 1 aromatic rings. The fourth-order valence-electron chi connectivity index (χ4n) is 2.06. The molecule has 4 nitrogen and oxygen atoms in total. The Kier molecular flexibility index (Phi) is 4.42. The van der Waals surface area contributed by atoms with Gasteiger partial charge in [-0.05, 0) is 30.5 Å². The maximum Gasteiger partial charge on any atom is 0.244 e. The minimum Gasteiger partial charge on any atom is -0.326 e. The number of hydrogen-bond donors (Lipinski definition) is 1. The minimum atomic E-state index is -3.62. The van der Waals surface area contributed by atoms with Crippen molar-refractivity contribution in [3.63, 3.8) is 0 Å². The molecule has 106 valence electrons. The standard InChI is InChI=1S/C12H16Cl2N2O2S/c1-16(10-3-2-4-10)19(17,18)11-6-9(13)5-8(7-15)12(11)14/h5-6,10H,2-4,7,15H2,1H3. The summed E-state index contributed by atoms with van der Waals surface area (Å²) in [5, 5.41) is 0.489. The lowest BCUT2D eigenvalue weighted by atomic mass is 9.94. The largest absolute Gasteiger partial charge is 0.326 e. The molecule has 0 radical (unpaired) electrons. The molecule has 19 heavy (non-hydrogen) atoms. The van der Waals surface area contributed by atoms with Gasteiger partial charge in [0.2, 0.25) is 10.0 Å². The number of hydrogen-bond acceptors (Lipinski definition) is 3. The predicted octanol–water partition coefficient (Wildman–Crippen LogP) is 2.63. The highest BCUT2D eigenvalue weighted by Gasteiger charge is 2.33. The summed E-state index contributed by atoms with van der Waals surface area (Å²) in [6, 6.07) is 3.03. The Balaban J connectivity index is 2.47. The van der Waals surface area contributed by atoms with E-state index in [1.807, 2.05) is 0 Å². The third kappa shape index (κ3) is 2.76. The highest BCUT2D eigenvalue weighted by Crippen LogP contribution is 2.34. The Labute approximate surface area is 123 Å². The van der Waals surface area contributed by atoms with Crippen molar-refractivity contribution in [3.8, 4) is 0 Å². The van der Waals surface area contributed by atoms with E-state index in [4.69, 9.17) is 28.9 Å². The third-order valence-electron chi connectivity index (χ3n) is 3.55. The smallest absolute Gasteiger partial charge is 0.244 e. The van der Waals surface area contributed by atoms with Crippen LogP contribution in [0, 0.1) is 0 Å². The van der Waals surface area contributed by atoms with Crippen molar-refractivity contribution in [2.75, 3.05) is 7.05 Å². The zero-order valence-corrected chi connectivity index (χ0v) is 12.9. The Hall–Kier alpha value is -0.330. The van der Waals surface area contributed by atoms with Crippen LogP contribution < -0.4 is 5.73 Å². The van der Waals surface area contributed by atoms with Crippen molar-refractivity contribution < 1.29 is 8.42 Å². The van der Waals surface area contributed by atoms with Gasteiger partial charge in [0.25, 0.3) is 0 Å². The number of halogens is 2. The highest BCUT2D eigenvalue weighted by molar-refractivity contribution is 7.89. The molecule has 0 bridgehead atoms. The second-order valence-electron chi connectivity index (χ2n) is 4.69. The van der Waals surface area contributed by atoms with E-state index in [0.29, 0.717) is 10.6 Å². The van der Waals surface area contributed by atoms with Crippen LogP contribution in [0.25, 0.3) is 0 Å². The molecule has 1 aromatic carbocycles. The molecule has 2 N–H and O–H groups in total. The summed E-state index contributed by atoms with van der Waals surface area (Å²) in [7, 11) is -2.04. The van der Waals surface area contributed by atoms with Crippen LogP contribution in [0.5, 0.6) is 0 Å². The first-order chi connectivity index (χ1) is 8.87. The van der Waals surface area contributed by atoms with E-state index in [1.165, 1.54) is 10.4 Å². The van der Waals surface area contributed by atoms with Gasteiger partial charge in [-0.2, -0.15) is 4.31 Å². The monoisotopic (exact) mass is 322 g/mol. The molecule has 0 amide bonds. The SMILES string of the molecule is CN(C1CCC1)S(=O)(=O)c1cc(Cl)cc(CN)c1Cl. The van der Waals surface area contributed by atoms with E-state index in [9.17, 15) is 8.42 Å². The summed E-state index contributed by atoms with van der Waals surface area (Å²) >= 11 is 12.1. The second kappa shape index (κ2) is 5.58. The van der Waals surface area contributed by atoms with Crippen molar-refractivity contribution in [3.05, 3.63) is 27.7 Å². The van der Waals surface area contributed by atoms with Crippen molar-refractivity contribution in [1.29, 1.82) is 0 Å². The molecule has 0 atom stereocenters. The van der Waals surface area contributed by atoms with Gasteiger partial charge in [0.05, 0.1) is 5.02 Å². The topological polar surface area (TPSA) is 63.4 Å². The van der Waals surface area contributed by atoms with Crippen molar-refractivity contribution in [1.82, 2.24) is 4.31 Å². The lowest BCUT2D eigenvalue weighted by molar-refractivity contribution is 0.249. The molecule has 0 spiro atoms. The summed E-state index contributed by atoms with van der Waals surface area (Å²) in [6.07, 6.45) is 2.83. The van der Waals surface area contributed by atoms with Crippen LogP contribution >= 0.6 is 23.2 Å². The minimum absolute atomic E-state index is 0.0384. The Morgan fingerprint density at radius 2 is 2.00 bits per heavy atom. The van der Waals surface area contributed by atoms with Crippen LogP contribution in [-0.2, 0) is 16.6 Å². The van der Waals surface area contributed by atoms with Gasteiger partial charge < -0.3 is 5.73 Å². The molecule has 0 aromatic heterocycles. The van der Waals surface area contributed by atoms with Crippen LogP contribution in [0.2, 0.25) is 10.0 Å². The van der Waals surface area contributed by atoms with Crippen LogP contribution in [0.4, 0.5) is 0 Å². The first-order valence-electron chi connectivity index (χ1n) is 6.04. The molecule has 1 aliphatic carbocycles. The lowest BCUT2D eigenvalue weighted by Crippen LogP contribution is -2.41. The number of benzene rings is 1. The fraction of sp³-hybridized carbons (Fsp3) is 0.500. The van der Waals surface area contributed by atoms with Gasteiger partial charge in [-0.3, -0.25) is 0 Å². The van der Waals surface area contributed by atoms with Crippen LogP contribution in [-0.4, -0.2) is 25.8 Å². The maximum absolute atomic E-state index is 12.5. The molecule has 0 unspecified atom stereocenters. The number of nitrogens with zero attached hydrogens (tertiary/aromatic N) is 1. The summed E-state index contributed by atoms with van der Waals surface area (Å²) in [4.78, 5) is 0.0384. The van der Waals surface area contributed by atoms with Gasteiger partial charge in [-0.15, -0.1) is 0 Å². The van der Waals surface area contributed by atoms with E-state index in [-0.39, 0.29) is 22.5 Å². The van der Waals surface area contributed by atoms with E-state index >= 15 is 0 Å². The highest BCUT2D eigenvalue weighted by atomic mass is 35.5. The van der Waals surface area contributed by atoms with Gasteiger partial charge in [0.15, 0.2) is 0 Å². The number of rotatable bonds is 4. The van der Waals surface area contributed by atoms with Crippen LogP contribution in [0.1, 0.15) is 24.8 Å². The first-order valence-corrected chi connectivity index (χ1v) is 8.23. The van der Waals surface area contributed by atoms with Gasteiger partial charge in [-0.25, -0.2) is 8.42 Å². The number of nitrogens with two attached hydrogens (primary N) is 1. The fourth-order valence-corrected chi connectivity index (χ4v) is 4.39. The molecule has 1 aliphatic rings. The van der Waals surface area contributed by atoms with Gasteiger partial charge in [0, 0.05) is 24.7 Å². The molecule has 0 saturated heterocycles. The van der Waals surface area contributed by atoms with Crippen LogP contribution in [0.3, 0.4) is 0 Å². The Bertz CT molecular complexity index is 586. The quantitative estimate of drug-likeness (QED) is 0.926. The van der Waals surface area contributed by atoms with E-state index in [0.717, 1.165) is 19.3 Å². The average molecular weight is 323 g/mol. The second-order valence-corrected chi connectivity index (χ2v) is 7.47. The molecule has 2 rings (SSSR count). The summed E-state index contributed by atoms with van der Waals surface area (Å²) in [5.74, 6) is 0. The number of sulfonamides is 1. The van der Waals surface area contributed by atoms with Crippen molar-refractivity contribution in [2.45, 2.75) is 36.7 Å². The molecule has 7 heteroatoms. The zero-order chi connectivity index (χ0) is 14.2. The average Bonchev–Trinajstić information content (AvgIpc) is 2.29. The van der Waals surface area contributed by atoms with Crippen molar-refractivity contribution in [2.24, 2.45) is 5.73 Å². The summed E-state index contributed by atoms with van der Waals surface area (Å²) < 4.78 is 26.5. The Morgan fingerprint density at radius 1 is 1.37 bits per heavy atom. The van der Waals surface area contributed by atoms with Crippen LogP contribution in [0.15, 0.2) is 17.0 Å². The normalized spacial score (nSPS) is 16.7. The molecule has 1 saturated carbocycles. The predicted molar refractivity (Wildman–Crippen MR) is 76.9 cm³/mol. The van der Waals surface area contributed by atoms with Gasteiger partial charge >= 0.3 is 0 Å². The van der Waals surface area contributed by atoms with E-state index in [2.05, 4.69) is 0 Å². The van der Waals surface area contributed by atoms with E-state index < -0.39 is 10.0 Å². The molecule has 1 fully saturated rings. The lowest BCUT2D eigenvalue weighted by Gasteiger charge is -2.34. The first kappa shape index (κ1) is 15.1. The van der Waals surface area contributed by atoms with Crippen molar-refractivity contribution >= 4 is 33.2 Å². The van der Waals surface area contributed by atoms with E-state index in [1.54, 1.807) is 13.1 Å². The Morgan fingerprint density at radius 3 is 2.47 bits per heavy atom. The molecule has 0 aliphatic heterocycles. The summed E-state index contributed by atoms with van der Waals surface area (Å²) in [5.41, 5.74) is 6.09. The zero-order valence-electron chi connectivity index (χ0n) is 10.6.